The van der Waals surface area contributed by atoms with Gasteiger partial charge in [-0.25, -0.2) is 4.79 Å². The van der Waals surface area contributed by atoms with Crippen LogP contribution in [-0.4, -0.2) is 51.1 Å². The highest BCUT2D eigenvalue weighted by atomic mass is 32.2. The summed E-state index contributed by atoms with van der Waals surface area (Å²) in [6, 6.07) is 0.0509. The summed E-state index contributed by atoms with van der Waals surface area (Å²) >= 11 is 1.68. The third-order valence-corrected chi connectivity index (χ3v) is 4.37. The predicted octanol–water partition coefficient (Wildman–Crippen LogP) is 1.67. The molecule has 0 unspecified atom stereocenters. The van der Waals surface area contributed by atoms with Gasteiger partial charge in [0.15, 0.2) is 5.16 Å². The summed E-state index contributed by atoms with van der Waals surface area (Å²) < 4.78 is 2.00. The van der Waals surface area contributed by atoms with Gasteiger partial charge in [-0.15, -0.1) is 10.2 Å². The molecule has 2 heterocycles. The Kier molecular flexibility index (Phi) is 5.70. The average Bonchev–Trinajstić information content (AvgIpc) is 2.82. The van der Waals surface area contributed by atoms with E-state index in [0.29, 0.717) is 13.0 Å². The first-order chi connectivity index (χ1) is 9.72. The molecule has 1 fully saturated rings. The van der Waals surface area contributed by atoms with Crippen LogP contribution in [0.5, 0.6) is 0 Å². The average molecular weight is 297 g/mol. The summed E-state index contributed by atoms with van der Waals surface area (Å²) in [6.07, 6.45) is 4.19. The third-order valence-electron chi connectivity index (χ3n) is 3.47. The van der Waals surface area contributed by atoms with Gasteiger partial charge in [-0.2, -0.15) is 0 Å². The number of nitrogens with zero attached hydrogens (tertiary/aromatic N) is 4. The molecule has 1 aromatic rings. The topological polar surface area (TPSA) is 63.1 Å². The minimum atomic E-state index is 0.0509. The van der Waals surface area contributed by atoms with Crippen molar-refractivity contribution in [2.75, 3.05) is 25.4 Å². The van der Waals surface area contributed by atoms with Gasteiger partial charge in [0.25, 0.3) is 0 Å². The first kappa shape index (κ1) is 15.2. The molecule has 0 aromatic carbocycles. The van der Waals surface area contributed by atoms with E-state index in [0.717, 1.165) is 42.7 Å². The minimum absolute atomic E-state index is 0.0509. The van der Waals surface area contributed by atoms with E-state index in [2.05, 4.69) is 22.4 Å². The van der Waals surface area contributed by atoms with Crippen molar-refractivity contribution in [2.24, 2.45) is 7.05 Å². The van der Waals surface area contributed by atoms with Crippen LogP contribution in [0, 0.1) is 0 Å². The maximum atomic E-state index is 11.9. The molecule has 1 N–H and O–H groups in total. The number of hydrogen-bond donors (Lipinski definition) is 1. The van der Waals surface area contributed by atoms with Crippen molar-refractivity contribution in [2.45, 2.75) is 37.8 Å². The van der Waals surface area contributed by atoms with Gasteiger partial charge in [0.2, 0.25) is 0 Å². The number of hydrogen-bond acceptors (Lipinski definition) is 4. The molecule has 1 aliphatic heterocycles. The summed E-state index contributed by atoms with van der Waals surface area (Å²) in [7, 11) is 1.97. The maximum absolute atomic E-state index is 11.9. The van der Waals surface area contributed by atoms with E-state index in [4.69, 9.17) is 0 Å². The van der Waals surface area contributed by atoms with Crippen molar-refractivity contribution in [3.8, 4) is 0 Å². The highest BCUT2D eigenvalue weighted by Crippen LogP contribution is 2.14. The fraction of sp³-hybridized carbons (Fsp3) is 0.769. The van der Waals surface area contributed by atoms with Gasteiger partial charge in [0.1, 0.15) is 5.82 Å². The molecule has 0 bridgehead atoms. The molecule has 20 heavy (non-hydrogen) atoms. The number of carbonyl (C=O) groups excluding carboxylic acids is 1. The second-order valence-corrected chi connectivity index (χ2v) is 6.15. The van der Waals surface area contributed by atoms with E-state index in [1.807, 2.05) is 16.5 Å². The third kappa shape index (κ3) is 3.88. The zero-order valence-corrected chi connectivity index (χ0v) is 13.1. The Labute approximate surface area is 124 Å². The van der Waals surface area contributed by atoms with Crippen LogP contribution >= 0.6 is 11.8 Å². The van der Waals surface area contributed by atoms with Gasteiger partial charge < -0.3 is 14.8 Å². The molecule has 1 aliphatic rings. The predicted molar refractivity (Wildman–Crippen MR) is 79.9 cm³/mol. The maximum Gasteiger partial charge on any atom is 0.317 e. The Bertz CT molecular complexity index is 442. The van der Waals surface area contributed by atoms with E-state index in [1.54, 1.807) is 11.8 Å². The van der Waals surface area contributed by atoms with Crippen LogP contribution in [-0.2, 0) is 13.5 Å². The Morgan fingerprint density at radius 2 is 2.05 bits per heavy atom. The molecule has 0 aliphatic carbocycles. The molecule has 112 valence electrons. The van der Waals surface area contributed by atoms with Crippen LogP contribution in [0.4, 0.5) is 4.79 Å². The van der Waals surface area contributed by atoms with Gasteiger partial charge in [0.05, 0.1) is 0 Å². The van der Waals surface area contributed by atoms with E-state index >= 15 is 0 Å². The molecular formula is C13H23N5OS. The van der Waals surface area contributed by atoms with Crippen molar-refractivity contribution >= 4 is 17.8 Å². The van der Waals surface area contributed by atoms with Crippen LogP contribution < -0.4 is 5.32 Å². The molecule has 0 saturated carbocycles. The first-order valence-electron chi connectivity index (χ1n) is 7.26. The first-order valence-corrected chi connectivity index (χ1v) is 8.24. The molecule has 1 aromatic heterocycles. The lowest BCUT2D eigenvalue weighted by molar-refractivity contribution is 0.186. The molecule has 7 heteroatoms. The standard InChI is InChI=1S/C13H23N5OS/c1-3-20-13-16-15-11(17(13)2)7-8-14-12(19)18-9-5-4-6-10-18/h3-10H2,1-2H3,(H,14,19). The SMILES string of the molecule is CCSc1nnc(CCNC(=O)N2CCCCC2)n1C. The molecule has 6 nitrogen and oxygen atoms in total. The number of likely N-dealkylation sites (tertiary alicyclic amines) is 1. The fourth-order valence-corrected chi connectivity index (χ4v) is 2.96. The summed E-state index contributed by atoms with van der Waals surface area (Å²) in [5, 5.41) is 12.2. The van der Waals surface area contributed by atoms with Gasteiger partial charge >= 0.3 is 6.03 Å². The van der Waals surface area contributed by atoms with E-state index in [9.17, 15) is 4.79 Å². The molecule has 2 rings (SSSR count). The summed E-state index contributed by atoms with van der Waals surface area (Å²) in [4.78, 5) is 13.9. The monoisotopic (exact) mass is 297 g/mol. The summed E-state index contributed by atoms with van der Waals surface area (Å²) in [5.41, 5.74) is 0. The highest BCUT2D eigenvalue weighted by Gasteiger charge is 2.16. The Morgan fingerprint density at radius 1 is 1.30 bits per heavy atom. The van der Waals surface area contributed by atoms with Gasteiger partial charge in [0, 0.05) is 33.1 Å². The number of amides is 2. The van der Waals surface area contributed by atoms with Crippen LogP contribution in [0.3, 0.4) is 0 Å². The zero-order chi connectivity index (χ0) is 14.4. The number of thioether (sulfide) groups is 1. The zero-order valence-electron chi connectivity index (χ0n) is 12.3. The minimum Gasteiger partial charge on any atom is -0.338 e. The van der Waals surface area contributed by atoms with Crippen LogP contribution in [0.2, 0.25) is 0 Å². The largest absolute Gasteiger partial charge is 0.338 e. The van der Waals surface area contributed by atoms with Crippen LogP contribution in [0.1, 0.15) is 32.0 Å². The highest BCUT2D eigenvalue weighted by molar-refractivity contribution is 7.99. The van der Waals surface area contributed by atoms with Gasteiger partial charge in [-0.05, 0) is 25.0 Å². The number of carbonyl (C=O) groups is 1. The smallest absolute Gasteiger partial charge is 0.317 e. The van der Waals surface area contributed by atoms with Crippen molar-refractivity contribution < 1.29 is 4.79 Å². The second-order valence-electron chi connectivity index (χ2n) is 4.92. The van der Waals surface area contributed by atoms with Crippen molar-refractivity contribution in [1.82, 2.24) is 25.0 Å². The summed E-state index contributed by atoms with van der Waals surface area (Å²) in [5.74, 6) is 1.90. The quantitative estimate of drug-likeness (QED) is 0.840. The van der Waals surface area contributed by atoms with E-state index < -0.39 is 0 Å². The fourth-order valence-electron chi connectivity index (χ4n) is 2.31. The number of nitrogens with one attached hydrogen (secondary N) is 1. The van der Waals surface area contributed by atoms with Crippen LogP contribution in [0.25, 0.3) is 0 Å². The lowest BCUT2D eigenvalue weighted by Crippen LogP contribution is -2.43. The molecule has 0 atom stereocenters. The second kappa shape index (κ2) is 7.52. The van der Waals surface area contributed by atoms with E-state index in [-0.39, 0.29) is 6.03 Å². The summed E-state index contributed by atoms with van der Waals surface area (Å²) in [6.45, 7) is 4.47. The van der Waals surface area contributed by atoms with Gasteiger partial charge in [-0.3, -0.25) is 0 Å². The molecule has 0 radical (unpaired) electrons. The van der Waals surface area contributed by atoms with Gasteiger partial charge in [-0.1, -0.05) is 18.7 Å². The number of aromatic nitrogens is 3. The van der Waals surface area contributed by atoms with Crippen molar-refractivity contribution in [3.05, 3.63) is 5.82 Å². The normalized spacial score (nSPS) is 15.4. The lowest BCUT2D eigenvalue weighted by Gasteiger charge is -2.26. The molecule has 2 amide bonds. The Morgan fingerprint density at radius 3 is 2.75 bits per heavy atom. The molecule has 1 saturated heterocycles. The Hall–Kier alpha value is -1.24. The Balaban J connectivity index is 1.76. The van der Waals surface area contributed by atoms with Crippen LogP contribution in [0.15, 0.2) is 5.16 Å². The van der Waals surface area contributed by atoms with E-state index in [1.165, 1.54) is 6.42 Å². The molecular weight excluding hydrogens is 274 g/mol. The lowest BCUT2D eigenvalue weighted by atomic mass is 10.1. The number of piperidine rings is 1. The molecule has 0 spiro atoms. The van der Waals surface area contributed by atoms with Crippen molar-refractivity contribution in [1.29, 1.82) is 0 Å². The van der Waals surface area contributed by atoms with Crippen molar-refractivity contribution in [3.63, 3.8) is 0 Å². The number of urea groups is 1. The number of rotatable bonds is 5.